The summed E-state index contributed by atoms with van der Waals surface area (Å²) in [6, 6.07) is 8.73. The number of hydrogen-bond donors (Lipinski definition) is 1. The van der Waals surface area contributed by atoms with Gasteiger partial charge in [0.15, 0.2) is 5.82 Å². The van der Waals surface area contributed by atoms with Gasteiger partial charge >= 0.3 is 0 Å². The van der Waals surface area contributed by atoms with Gasteiger partial charge in [-0.15, -0.1) is 0 Å². The van der Waals surface area contributed by atoms with Crippen molar-refractivity contribution in [1.29, 1.82) is 0 Å². The number of carbonyl (C=O) groups excluding carboxylic acids is 1. The number of nitrogens with one attached hydrogen (secondary N) is 1. The minimum atomic E-state index is -2.52. The summed E-state index contributed by atoms with van der Waals surface area (Å²) in [5.74, 6) is -0.0414. The van der Waals surface area contributed by atoms with Crippen LogP contribution in [-0.4, -0.2) is 31.9 Å². The molecule has 0 fully saturated rings. The second-order valence-corrected chi connectivity index (χ2v) is 5.12. The number of carbonyl (C=O) groups is 1. The average Bonchev–Trinajstić information content (AvgIpc) is 3.04. The quantitative estimate of drug-likeness (QED) is 0.785. The number of benzene rings is 1. The predicted molar refractivity (Wildman–Crippen MR) is 81.3 cm³/mol. The van der Waals surface area contributed by atoms with Crippen molar-refractivity contribution in [3.8, 4) is 0 Å². The Kier molecular flexibility index (Phi) is 4.05. The number of anilines is 1. The van der Waals surface area contributed by atoms with E-state index in [1.54, 1.807) is 41.2 Å². The third kappa shape index (κ3) is 3.20. The van der Waals surface area contributed by atoms with Crippen LogP contribution in [0.3, 0.4) is 0 Å². The minimum absolute atomic E-state index is 0.0366. The van der Waals surface area contributed by atoms with E-state index in [2.05, 4.69) is 15.5 Å². The summed E-state index contributed by atoms with van der Waals surface area (Å²) in [5.41, 5.74) is 1.41. The van der Waals surface area contributed by atoms with Gasteiger partial charge in [0.2, 0.25) is 5.91 Å². The topological polar surface area (TPSA) is 64.7 Å². The van der Waals surface area contributed by atoms with Gasteiger partial charge in [-0.25, -0.2) is 8.78 Å². The second kappa shape index (κ2) is 6.15. The third-order valence-corrected chi connectivity index (χ3v) is 3.45. The van der Waals surface area contributed by atoms with Gasteiger partial charge in [0, 0.05) is 17.3 Å². The summed E-state index contributed by atoms with van der Waals surface area (Å²) < 4.78 is 28.1. The van der Waals surface area contributed by atoms with E-state index < -0.39 is 13.0 Å². The van der Waals surface area contributed by atoms with Crippen LogP contribution < -0.4 is 5.32 Å². The molecule has 1 amide bonds. The Morgan fingerprint density at radius 3 is 2.74 bits per heavy atom. The first kappa shape index (κ1) is 15.1. The van der Waals surface area contributed by atoms with Crippen LogP contribution in [0.1, 0.15) is 5.69 Å². The molecule has 0 unspecified atom stereocenters. The summed E-state index contributed by atoms with van der Waals surface area (Å²) in [7, 11) is 0. The molecule has 0 atom stereocenters. The molecule has 8 heteroatoms. The van der Waals surface area contributed by atoms with Crippen molar-refractivity contribution in [2.75, 3.05) is 5.32 Å². The molecule has 0 saturated heterocycles. The van der Waals surface area contributed by atoms with Gasteiger partial charge in [-0.05, 0) is 25.1 Å². The fourth-order valence-corrected chi connectivity index (χ4v) is 2.36. The molecule has 0 radical (unpaired) electrons. The molecule has 0 aliphatic heterocycles. The Hall–Kier alpha value is -2.77. The van der Waals surface area contributed by atoms with E-state index in [-0.39, 0.29) is 18.3 Å². The van der Waals surface area contributed by atoms with Crippen molar-refractivity contribution in [1.82, 2.24) is 19.6 Å². The highest BCUT2D eigenvalue weighted by molar-refractivity contribution is 5.99. The monoisotopic (exact) mass is 319 g/mol. The third-order valence-electron chi connectivity index (χ3n) is 3.45. The van der Waals surface area contributed by atoms with Crippen molar-refractivity contribution < 1.29 is 13.6 Å². The molecule has 3 rings (SSSR count). The normalized spacial score (nSPS) is 11.3. The summed E-state index contributed by atoms with van der Waals surface area (Å²) >= 11 is 0. The van der Waals surface area contributed by atoms with Gasteiger partial charge in [-0.1, -0.05) is 12.1 Å². The first-order chi connectivity index (χ1) is 11.0. The number of aryl methyl sites for hydroxylation is 1. The van der Waals surface area contributed by atoms with Crippen LogP contribution in [-0.2, 0) is 17.9 Å². The number of fused-ring (bicyclic) bond motifs is 1. The highest BCUT2D eigenvalue weighted by atomic mass is 19.3. The fraction of sp³-hybridized carbons (Fsp3) is 0.267. The van der Waals surface area contributed by atoms with E-state index >= 15 is 0 Å². The number of halogens is 2. The maximum atomic E-state index is 12.7. The fourth-order valence-electron chi connectivity index (χ4n) is 2.36. The van der Waals surface area contributed by atoms with E-state index in [1.165, 1.54) is 4.68 Å². The molecule has 0 spiro atoms. The first-order valence-corrected chi connectivity index (χ1v) is 7.06. The zero-order valence-electron chi connectivity index (χ0n) is 12.4. The predicted octanol–water partition coefficient (Wildman–Crippen LogP) is 2.45. The minimum Gasteiger partial charge on any atom is -0.307 e. The highest BCUT2D eigenvalue weighted by Gasteiger charge is 2.15. The number of hydrogen-bond acceptors (Lipinski definition) is 3. The summed E-state index contributed by atoms with van der Waals surface area (Å²) in [5, 5.41) is 11.4. The maximum Gasteiger partial charge on any atom is 0.257 e. The lowest BCUT2D eigenvalue weighted by molar-refractivity contribution is -0.117. The first-order valence-electron chi connectivity index (χ1n) is 7.06. The average molecular weight is 319 g/mol. The lowest BCUT2D eigenvalue weighted by atomic mass is 10.2. The van der Waals surface area contributed by atoms with Gasteiger partial charge in [0.05, 0.1) is 5.52 Å². The largest absolute Gasteiger partial charge is 0.307 e. The molecule has 0 bridgehead atoms. The number of alkyl halides is 2. The summed E-state index contributed by atoms with van der Waals surface area (Å²) in [6.07, 6.45) is -0.913. The zero-order valence-corrected chi connectivity index (χ0v) is 12.4. The van der Waals surface area contributed by atoms with E-state index in [1.807, 2.05) is 6.92 Å². The molecule has 120 valence electrons. The Labute approximate surface area is 130 Å². The summed E-state index contributed by atoms with van der Waals surface area (Å²) in [4.78, 5) is 12.1. The summed E-state index contributed by atoms with van der Waals surface area (Å²) in [6.45, 7) is 1.36. The van der Waals surface area contributed by atoms with Gasteiger partial charge < -0.3 is 5.32 Å². The molecule has 1 N–H and O–H groups in total. The zero-order chi connectivity index (χ0) is 16.4. The lowest BCUT2D eigenvalue weighted by Crippen LogP contribution is -2.20. The van der Waals surface area contributed by atoms with Crippen LogP contribution in [0.4, 0.5) is 14.6 Å². The van der Waals surface area contributed by atoms with E-state index in [0.29, 0.717) is 10.9 Å². The van der Waals surface area contributed by atoms with Crippen molar-refractivity contribution >= 4 is 22.6 Å². The van der Waals surface area contributed by atoms with E-state index in [4.69, 9.17) is 0 Å². The van der Waals surface area contributed by atoms with Crippen molar-refractivity contribution in [3.05, 3.63) is 42.2 Å². The maximum absolute atomic E-state index is 12.7. The van der Waals surface area contributed by atoms with Crippen molar-refractivity contribution in [3.63, 3.8) is 0 Å². The molecule has 23 heavy (non-hydrogen) atoms. The molecule has 3 aromatic rings. The molecular weight excluding hydrogens is 304 g/mol. The van der Waals surface area contributed by atoms with Crippen molar-refractivity contribution in [2.24, 2.45) is 0 Å². The van der Waals surface area contributed by atoms with E-state index in [0.717, 1.165) is 5.69 Å². The van der Waals surface area contributed by atoms with Crippen LogP contribution >= 0.6 is 0 Å². The smallest absolute Gasteiger partial charge is 0.257 e. The van der Waals surface area contributed by atoms with Crippen LogP contribution in [0.25, 0.3) is 10.9 Å². The Morgan fingerprint density at radius 1 is 1.26 bits per heavy atom. The van der Waals surface area contributed by atoms with Crippen LogP contribution in [0.15, 0.2) is 36.5 Å². The van der Waals surface area contributed by atoms with Gasteiger partial charge in [0.1, 0.15) is 13.1 Å². The van der Waals surface area contributed by atoms with Gasteiger partial charge in [0.25, 0.3) is 6.43 Å². The number of para-hydroxylation sites is 1. The Balaban J connectivity index is 1.85. The molecular formula is C15H15F2N5O. The number of amides is 1. The number of nitrogens with zero attached hydrogens (tertiary/aromatic N) is 4. The lowest BCUT2D eigenvalue weighted by Gasteiger charge is -2.05. The van der Waals surface area contributed by atoms with E-state index in [9.17, 15) is 13.6 Å². The molecule has 0 aliphatic rings. The highest BCUT2D eigenvalue weighted by Crippen LogP contribution is 2.23. The standard InChI is InChI=1S/C15H15F2N5O/c1-10-6-7-18-21(10)9-14(23)19-15-11-4-2-3-5-12(11)22(20-15)8-13(16)17/h2-7,13H,8-9H2,1H3,(H,19,20,23). The van der Waals surface area contributed by atoms with Crippen LogP contribution in [0, 0.1) is 6.92 Å². The number of rotatable bonds is 5. The molecule has 0 saturated carbocycles. The number of aromatic nitrogens is 4. The molecule has 6 nitrogen and oxygen atoms in total. The van der Waals surface area contributed by atoms with Crippen molar-refractivity contribution in [2.45, 2.75) is 26.4 Å². The second-order valence-electron chi connectivity index (χ2n) is 5.12. The van der Waals surface area contributed by atoms with Gasteiger partial charge in [-0.3, -0.25) is 14.2 Å². The van der Waals surface area contributed by atoms with Crippen LogP contribution in [0.2, 0.25) is 0 Å². The van der Waals surface area contributed by atoms with Crippen LogP contribution in [0.5, 0.6) is 0 Å². The molecule has 2 aromatic heterocycles. The Bertz CT molecular complexity index is 839. The Morgan fingerprint density at radius 2 is 2.04 bits per heavy atom. The molecule has 0 aliphatic carbocycles. The SMILES string of the molecule is Cc1ccnn1CC(=O)Nc1nn(CC(F)F)c2ccccc12. The molecule has 2 heterocycles. The molecule has 1 aromatic carbocycles. The van der Waals surface area contributed by atoms with Gasteiger partial charge in [-0.2, -0.15) is 10.2 Å².